The summed E-state index contributed by atoms with van der Waals surface area (Å²) in [5.41, 5.74) is 3.40. The first kappa shape index (κ1) is 19.5. The number of rotatable bonds is 7. The minimum absolute atomic E-state index is 0.113. The number of benzene rings is 2. The lowest BCUT2D eigenvalue weighted by Gasteiger charge is -2.10. The van der Waals surface area contributed by atoms with Gasteiger partial charge in [-0.05, 0) is 37.6 Å². The fourth-order valence-corrected chi connectivity index (χ4v) is 3.24. The quantitative estimate of drug-likeness (QED) is 0.623. The number of aliphatic imine (C=N–C) groups is 1. The second-order valence-electron chi connectivity index (χ2n) is 6.40. The number of ether oxygens (including phenoxy) is 2. The Morgan fingerprint density at radius 3 is 2.46 bits per heavy atom. The minimum atomic E-state index is -0.113. The van der Waals surface area contributed by atoms with Crippen molar-refractivity contribution in [2.45, 2.75) is 26.7 Å². The Morgan fingerprint density at radius 1 is 1.07 bits per heavy atom. The van der Waals surface area contributed by atoms with Gasteiger partial charge in [0.25, 0.3) is 5.56 Å². The van der Waals surface area contributed by atoms with Gasteiger partial charge < -0.3 is 9.47 Å². The SMILES string of the molecule is CCCc1[nH]n(-c2ccccc2)c(=O)c1C(C)=Nc1cccc(OC)c1OC. The fraction of sp³-hybridized carbons (Fsp3) is 0.273. The van der Waals surface area contributed by atoms with Crippen molar-refractivity contribution in [2.24, 2.45) is 4.99 Å². The van der Waals surface area contributed by atoms with Crippen molar-refractivity contribution in [1.29, 1.82) is 0 Å². The first-order valence-electron chi connectivity index (χ1n) is 9.26. The van der Waals surface area contributed by atoms with Crippen LogP contribution < -0.4 is 15.0 Å². The average molecular weight is 379 g/mol. The molecule has 3 rings (SSSR count). The van der Waals surface area contributed by atoms with E-state index in [1.54, 1.807) is 18.9 Å². The number of aromatic nitrogens is 2. The number of hydrogen-bond donors (Lipinski definition) is 1. The zero-order chi connectivity index (χ0) is 20.1. The number of nitrogens with one attached hydrogen (secondary N) is 1. The molecule has 6 nitrogen and oxygen atoms in total. The summed E-state index contributed by atoms with van der Waals surface area (Å²) < 4.78 is 12.4. The molecule has 0 saturated carbocycles. The maximum atomic E-state index is 13.2. The summed E-state index contributed by atoms with van der Waals surface area (Å²) in [6, 6.07) is 15.0. The summed E-state index contributed by atoms with van der Waals surface area (Å²) >= 11 is 0. The molecule has 3 aromatic rings. The molecule has 1 heterocycles. The molecule has 1 aromatic heterocycles. The highest BCUT2D eigenvalue weighted by Crippen LogP contribution is 2.37. The molecule has 0 bridgehead atoms. The molecule has 0 atom stereocenters. The van der Waals surface area contributed by atoms with Gasteiger partial charge in [-0.1, -0.05) is 37.6 Å². The predicted molar refractivity (Wildman–Crippen MR) is 112 cm³/mol. The highest BCUT2D eigenvalue weighted by molar-refractivity contribution is 6.01. The predicted octanol–water partition coefficient (Wildman–Crippen LogP) is 4.28. The number of hydrogen-bond acceptors (Lipinski definition) is 4. The van der Waals surface area contributed by atoms with Gasteiger partial charge in [0.15, 0.2) is 11.5 Å². The Morgan fingerprint density at radius 2 is 1.82 bits per heavy atom. The Balaban J connectivity index is 2.14. The third-order valence-electron chi connectivity index (χ3n) is 4.51. The van der Waals surface area contributed by atoms with Crippen LogP contribution in [0, 0.1) is 0 Å². The van der Waals surface area contributed by atoms with Gasteiger partial charge in [0.1, 0.15) is 5.69 Å². The van der Waals surface area contributed by atoms with Crippen LogP contribution >= 0.6 is 0 Å². The van der Waals surface area contributed by atoms with E-state index < -0.39 is 0 Å². The van der Waals surface area contributed by atoms with Gasteiger partial charge in [-0.15, -0.1) is 0 Å². The molecule has 0 saturated heterocycles. The molecule has 0 aliphatic heterocycles. The molecule has 0 spiro atoms. The molecular formula is C22H25N3O3. The largest absolute Gasteiger partial charge is 0.493 e. The number of aromatic amines is 1. The topological polar surface area (TPSA) is 68.6 Å². The smallest absolute Gasteiger partial charge is 0.280 e. The molecule has 28 heavy (non-hydrogen) atoms. The molecule has 0 fully saturated rings. The Labute approximate surface area is 164 Å². The maximum Gasteiger partial charge on any atom is 0.280 e. The van der Waals surface area contributed by atoms with Crippen LogP contribution in [0.25, 0.3) is 5.69 Å². The first-order chi connectivity index (χ1) is 13.6. The van der Waals surface area contributed by atoms with Gasteiger partial charge in [0.2, 0.25) is 0 Å². The highest BCUT2D eigenvalue weighted by Gasteiger charge is 2.18. The van der Waals surface area contributed by atoms with Crippen molar-refractivity contribution in [3.8, 4) is 17.2 Å². The number of H-pyrrole nitrogens is 1. The second kappa shape index (κ2) is 8.61. The molecule has 146 valence electrons. The third-order valence-corrected chi connectivity index (χ3v) is 4.51. The molecular weight excluding hydrogens is 354 g/mol. The monoisotopic (exact) mass is 379 g/mol. The normalized spacial score (nSPS) is 11.5. The lowest BCUT2D eigenvalue weighted by atomic mass is 10.1. The van der Waals surface area contributed by atoms with E-state index in [-0.39, 0.29) is 5.56 Å². The van der Waals surface area contributed by atoms with Gasteiger partial charge in [-0.3, -0.25) is 9.89 Å². The van der Waals surface area contributed by atoms with E-state index in [1.807, 2.05) is 55.5 Å². The Kier molecular flexibility index (Phi) is 5.99. The van der Waals surface area contributed by atoms with Crippen LogP contribution in [0.4, 0.5) is 5.69 Å². The molecule has 6 heteroatoms. The lowest BCUT2D eigenvalue weighted by Crippen LogP contribution is -2.19. The van der Waals surface area contributed by atoms with Crippen LogP contribution in [0.15, 0.2) is 58.3 Å². The van der Waals surface area contributed by atoms with E-state index in [1.165, 1.54) is 0 Å². The molecule has 2 aromatic carbocycles. The summed E-state index contributed by atoms with van der Waals surface area (Å²) in [7, 11) is 3.16. The highest BCUT2D eigenvalue weighted by atomic mass is 16.5. The second-order valence-corrected chi connectivity index (χ2v) is 6.40. The molecule has 0 amide bonds. The minimum Gasteiger partial charge on any atom is -0.493 e. The van der Waals surface area contributed by atoms with Gasteiger partial charge in [0.05, 0.1) is 31.2 Å². The maximum absolute atomic E-state index is 13.2. The molecule has 0 radical (unpaired) electrons. The van der Waals surface area contributed by atoms with Crippen LogP contribution in [0.3, 0.4) is 0 Å². The first-order valence-corrected chi connectivity index (χ1v) is 9.26. The van der Waals surface area contributed by atoms with Crippen molar-refractivity contribution in [3.63, 3.8) is 0 Å². The Hall–Kier alpha value is -3.28. The lowest BCUT2D eigenvalue weighted by molar-refractivity contribution is 0.356. The van der Waals surface area contributed by atoms with Crippen LogP contribution in [0.2, 0.25) is 0 Å². The summed E-state index contributed by atoms with van der Waals surface area (Å²) in [5.74, 6) is 1.14. The van der Waals surface area contributed by atoms with Crippen LogP contribution in [0.1, 0.15) is 31.5 Å². The number of para-hydroxylation sites is 2. The zero-order valence-corrected chi connectivity index (χ0v) is 16.7. The van der Waals surface area contributed by atoms with Crippen LogP contribution in [-0.2, 0) is 6.42 Å². The van der Waals surface area contributed by atoms with E-state index in [9.17, 15) is 4.79 Å². The van der Waals surface area contributed by atoms with E-state index in [0.717, 1.165) is 24.2 Å². The molecule has 0 aliphatic rings. The van der Waals surface area contributed by atoms with Gasteiger partial charge in [-0.2, -0.15) is 0 Å². The zero-order valence-electron chi connectivity index (χ0n) is 16.7. The van der Waals surface area contributed by atoms with E-state index in [2.05, 4.69) is 12.0 Å². The summed E-state index contributed by atoms with van der Waals surface area (Å²) in [6.45, 7) is 3.93. The summed E-state index contributed by atoms with van der Waals surface area (Å²) in [4.78, 5) is 17.9. The summed E-state index contributed by atoms with van der Waals surface area (Å²) in [6.07, 6.45) is 1.67. The van der Waals surface area contributed by atoms with Crippen LogP contribution in [0.5, 0.6) is 11.5 Å². The van der Waals surface area contributed by atoms with E-state index >= 15 is 0 Å². The standard InChI is InChI=1S/C22H25N3O3/c1-5-10-17-20(22(26)25(24-17)16-11-7-6-8-12-16)15(2)23-18-13-9-14-19(27-3)21(18)28-4/h6-9,11-14,24H,5,10H2,1-4H3. The van der Waals surface area contributed by atoms with Crippen molar-refractivity contribution in [2.75, 3.05) is 14.2 Å². The van der Waals surface area contributed by atoms with Gasteiger partial charge in [-0.25, -0.2) is 9.67 Å². The Bertz CT molecular complexity index is 1030. The molecule has 0 unspecified atom stereocenters. The van der Waals surface area contributed by atoms with Crippen molar-refractivity contribution in [1.82, 2.24) is 9.78 Å². The van der Waals surface area contributed by atoms with Gasteiger partial charge >= 0.3 is 0 Å². The van der Waals surface area contributed by atoms with Crippen molar-refractivity contribution >= 4 is 11.4 Å². The molecule has 1 N–H and O–H groups in total. The average Bonchev–Trinajstić information content (AvgIpc) is 3.04. The fourth-order valence-electron chi connectivity index (χ4n) is 3.24. The van der Waals surface area contributed by atoms with Crippen molar-refractivity contribution in [3.05, 3.63) is 70.1 Å². The van der Waals surface area contributed by atoms with Gasteiger partial charge in [0, 0.05) is 5.69 Å². The third kappa shape index (κ3) is 3.71. The summed E-state index contributed by atoms with van der Waals surface area (Å²) in [5, 5.41) is 3.25. The van der Waals surface area contributed by atoms with Crippen molar-refractivity contribution < 1.29 is 9.47 Å². The number of aryl methyl sites for hydroxylation is 1. The number of methoxy groups -OCH3 is 2. The van der Waals surface area contributed by atoms with E-state index in [0.29, 0.717) is 28.5 Å². The number of nitrogens with zero attached hydrogens (tertiary/aromatic N) is 2. The molecule has 0 aliphatic carbocycles. The van der Waals surface area contributed by atoms with Crippen LogP contribution in [-0.4, -0.2) is 29.7 Å². The van der Waals surface area contributed by atoms with E-state index in [4.69, 9.17) is 14.5 Å².